The molecule has 1 aromatic rings. The molecule has 0 aromatic heterocycles. The number of unbranched alkanes of at least 4 members (excludes halogenated alkanes) is 11. The first-order valence-corrected chi connectivity index (χ1v) is 10.1. The van der Waals surface area contributed by atoms with Gasteiger partial charge in [0, 0.05) is 12.1 Å². The highest BCUT2D eigenvalue weighted by atomic mass is 16.5. The molecule has 0 saturated heterocycles. The van der Waals surface area contributed by atoms with Gasteiger partial charge in [0.05, 0.1) is 7.11 Å². The number of methoxy groups -OCH3 is 1. The molecular formula is C22H37NO2. The van der Waals surface area contributed by atoms with Crippen molar-refractivity contribution < 1.29 is 9.53 Å². The van der Waals surface area contributed by atoms with E-state index in [1.165, 1.54) is 76.9 Å². The second-order valence-corrected chi connectivity index (χ2v) is 7.06. The van der Waals surface area contributed by atoms with Gasteiger partial charge in [0.1, 0.15) is 0 Å². The Morgan fingerprint density at radius 3 is 1.88 bits per heavy atom. The van der Waals surface area contributed by atoms with Gasteiger partial charge in [-0.3, -0.25) is 4.79 Å². The van der Waals surface area contributed by atoms with Crippen molar-refractivity contribution in [3.8, 4) is 0 Å². The van der Waals surface area contributed by atoms with Gasteiger partial charge in [-0.2, -0.15) is 0 Å². The van der Waals surface area contributed by atoms with E-state index in [-0.39, 0.29) is 5.97 Å². The lowest BCUT2D eigenvalue weighted by Crippen LogP contribution is -1.99. The number of hydrogen-bond acceptors (Lipinski definition) is 3. The quantitative estimate of drug-likeness (QED) is 0.238. The van der Waals surface area contributed by atoms with E-state index in [2.05, 4.69) is 16.9 Å². The Morgan fingerprint density at radius 1 is 0.840 bits per heavy atom. The SMILES string of the molecule is COC(=O)CCCCCCCCCCCCCCc1cccc(N)c1. The first-order chi connectivity index (χ1) is 12.2. The van der Waals surface area contributed by atoms with Gasteiger partial charge in [-0.15, -0.1) is 0 Å². The molecule has 25 heavy (non-hydrogen) atoms. The van der Waals surface area contributed by atoms with Gasteiger partial charge in [-0.1, -0.05) is 76.3 Å². The Hall–Kier alpha value is -1.51. The zero-order valence-corrected chi connectivity index (χ0v) is 16.1. The summed E-state index contributed by atoms with van der Waals surface area (Å²) in [7, 11) is 1.46. The van der Waals surface area contributed by atoms with Gasteiger partial charge in [-0.25, -0.2) is 0 Å². The Labute approximate surface area is 154 Å². The molecule has 1 rings (SSSR count). The number of esters is 1. The zero-order chi connectivity index (χ0) is 18.2. The van der Waals surface area contributed by atoms with Gasteiger partial charge >= 0.3 is 5.97 Å². The summed E-state index contributed by atoms with van der Waals surface area (Å²) in [5.41, 5.74) is 8.04. The largest absolute Gasteiger partial charge is 0.469 e. The maximum absolute atomic E-state index is 11.0. The van der Waals surface area contributed by atoms with Crippen LogP contribution < -0.4 is 5.73 Å². The molecule has 3 heteroatoms. The molecule has 0 radical (unpaired) electrons. The minimum atomic E-state index is -0.0760. The van der Waals surface area contributed by atoms with Crippen molar-refractivity contribution in [1.29, 1.82) is 0 Å². The lowest BCUT2D eigenvalue weighted by Gasteiger charge is -2.04. The van der Waals surface area contributed by atoms with Crippen LogP contribution in [0.15, 0.2) is 24.3 Å². The number of benzene rings is 1. The number of aryl methyl sites for hydroxylation is 1. The summed E-state index contributed by atoms with van der Waals surface area (Å²) >= 11 is 0. The summed E-state index contributed by atoms with van der Waals surface area (Å²) in [6.45, 7) is 0. The molecule has 0 unspecified atom stereocenters. The molecule has 1 aromatic carbocycles. The first-order valence-electron chi connectivity index (χ1n) is 10.1. The Kier molecular flexibility index (Phi) is 12.7. The molecule has 0 bridgehead atoms. The van der Waals surface area contributed by atoms with Crippen LogP contribution in [0, 0.1) is 0 Å². The van der Waals surface area contributed by atoms with Gasteiger partial charge in [0.25, 0.3) is 0 Å². The molecular weight excluding hydrogens is 310 g/mol. The van der Waals surface area contributed by atoms with Crippen molar-refractivity contribution in [2.24, 2.45) is 0 Å². The highest BCUT2D eigenvalue weighted by Gasteiger charge is 1.99. The predicted octanol–water partition coefficient (Wildman–Crippen LogP) is 6.06. The fraction of sp³-hybridized carbons (Fsp3) is 0.682. The van der Waals surface area contributed by atoms with Gasteiger partial charge in [-0.05, 0) is 37.0 Å². The summed E-state index contributed by atoms with van der Waals surface area (Å²) in [5, 5.41) is 0. The average Bonchev–Trinajstić information content (AvgIpc) is 2.61. The molecule has 0 heterocycles. The van der Waals surface area contributed by atoms with Crippen molar-refractivity contribution in [2.45, 2.75) is 89.9 Å². The number of nitrogen functional groups attached to an aromatic ring is 1. The molecule has 0 atom stereocenters. The van der Waals surface area contributed by atoms with Crippen LogP contribution in [0.3, 0.4) is 0 Å². The molecule has 0 fully saturated rings. The first kappa shape index (κ1) is 21.5. The van der Waals surface area contributed by atoms with Crippen LogP contribution in [0.1, 0.15) is 89.0 Å². The molecule has 0 spiro atoms. The minimum Gasteiger partial charge on any atom is -0.469 e. The van der Waals surface area contributed by atoms with Crippen molar-refractivity contribution in [3.63, 3.8) is 0 Å². The number of hydrogen-bond donors (Lipinski definition) is 1. The van der Waals surface area contributed by atoms with Crippen molar-refractivity contribution in [2.75, 3.05) is 12.8 Å². The smallest absolute Gasteiger partial charge is 0.305 e. The molecule has 0 aliphatic carbocycles. The van der Waals surface area contributed by atoms with Crippen molar-refractivity contribution in [3.05, 3.63) is 29.8 Å². The van der Waals surface area contributed by atoms with Crippen LogP contribution in [0.2, 0.25) is 0 Å². The van der Waals surface area contributed by atoms with E-state index >= 15 is 0 Å². The summed E-state index contributed by atoms with van der Waals surface area (Å²) in [5.74, 6) is -0.0760. The second kappa shape index (κ2) is 14.8. The zero-order valence-electron chi connectivity index (χ0n) is 16.1. The Bertz CT molecular complexity index is 459. The van der Waals surface area contributed by atoms with Crippen LogP contribution >= 0.6 is 0 Å². The van der Waals surface area contributed by atoms with E-state index in [1.807, 2.05) is 12.1 Å². The molecule has 0 saturated carbocycles. The summed E-state index contributed by atoms with van der Waals surface area (Å²) < 4.78 is 4.64. The van der Waals surface area contributed by atoms with Crippen molar-refractivity contribution in [1.82, 2.24) is 0 Å². The van der Waals surface area contributed by atoms with Gasteiger partial charge in [0.15, 0.2) is 0 Å². The van der Waals surface area contributed by atoms with E-state index in [0.717, 1.165) is 24.9 Å². The van der Waals surface area contributed by atoms with E-state index in [9.17, 15) is 4.79 Å². The topological polar surface area (TPSA) is 52.3 Å². The molecule has 2 N–H and O–H groups in total. The normalized spacial score (nSPS) is 10.8. The molecule has 3 nitrogen and oxygen atoms in total. The highest BCUT2D eigenvalue weighted by molar-refractivity contribution is 5.68. The van der Waals surface area contributed by atoms with E-state index < -0.39 is 0 Å². The van der Waals surface area contributed by atoms with Crippen LogP contribution in [-0.4, -0.2) is 13.1 Å². The lowest BCUT2D eigenvalue weighted by atomic mass is 10.0. The standard InChI is InChI=1S/C22H37NO2/c1-25-22(24)18-13-11-9-7-5-3-2-4-6-8-10-12-15-20-16-14-17-21(23)19-20/h14,16-17,19H,2-13,15,18,23H2,1H3. The highest BCUT2D eigenvalue weighted by Crippen LogP contribution is 2.14. The summed E-state index contributed by atoms with van der Waals surface area (Å²) in [4.78, 5) is 11.0. The monoisotopic (exact) mass is 347 g/mol. The van der Waals surface area contributed by atoms with E-state index in [4.69, 9.17) is 5.73 Å². The second-order valence-electron chi connectivity index (χ2n) is 7.06. The summed E-state index contributed by atoms with van der Waals surface area (Å²) in [6, 6.07) is 8.26. The average molecular weight is 348 g/mol. The third-order valence-electron chi connectivity index (χ3n) is 4.78. The van der Waals surface area contributed by atoms with Crippen molar-refractivity contribution >= 4 is 11.7 Å². The number of ether oxygens (including phenoxy) is 1. The maximum atomic E-state index is 11.0. The van der Waals surface area contributed by atoms with Crippen LogP contribution in [0.25, 0.3) is 0 Å². The van der Waals surface area contributed by atoms with Crippen LogP contribution in [-0.2, 0) is 16.0 Å². The molecule has 0 aliphatic rings. The maximum Gasteiger partial charge on any atom is 0.305 e. The fourth-order valence-electron chi connectivity index (χ4n) is 3.22. The molecule has 0 aliphatic heterocycles. The Morgan fingerprint density at radius 2 is 1.36 bits per heavy atom. The van der Waals surface area contributed by atoms with E-state index in [0.29, 0.717) is 6.42 Å². The summed E-state index contributed by atoms with van der Waals surface area (Å²) in [6.07, 6.45) is 17.2. The van der Waals surface area contributed by atoms with Crippen LogP contribution in [0.5, 0.6) is 0 Å². The third-order valence-corrected chi connectivity index (χ3v) is 4.78. The number of carbonyl (C=O) groups is 1. The number of rotatable bonds is 15. The Balaban J connectivity index is 1.78. The van der Waals surface area contributed by atoms with Gasteiger partial charge in [0.2, 0.25) is 0 Å². The number of nitrogens with two attached hydrogens (primary N) is 1. The van der Waals surface area contributed by atoms with Crippen LogP contribution in [0.4, 0.5) is 5.69 Å². The number of anilines is 1. The third kappa shape index (κ3) is 12.5. The van der Waals surface area contributed by atoms with E-state index in [1.54, 1.807) is 0 Å². The molecule has 142 valence electrons. The molecule has 0 amide bonds. The number of carbonyl (C=O) groups excluding carboxylic acids is 1. The minimum absolute atomic E-state index is 0.0760. The lowest BCUT2D eigenvalue weighted by molar-refractivity contribution is -0.140. The predicted molar refractivity (Wildman–Crippen MR) is 107 cm³/mol. The fourth-order valence-corrected chi connectivity index (χ4v) is 3.22. The van der Waals surface area contributed by atoms with Gasteiger partial charge < -0.3 is 10.5 Å².